The maximum absolute atomic E-state index is 12.9. The first-order chi connectivity index (χ1) is 17.6. The lowest BCUT2D eigenvalue weighted by atomic mass is 9.93. The Balaban J connectivity index is 1.33. The van der Waals surface area contributed by atoms with Gasteiger partial charge in [0, 0.05) is 50.3 Å². The van der Waals surface area contributed by atoms with E-state index < -0.39 is 0 Å². The number of carbonyl (C=O) groups excluding carboxylic acids is 1. The van der Waals surface area contributed by atoms with E-state index in [1.165, 1.54) is 21.8 Å². The summed E-state index contributed by atoms with van der Waals surface area (Å²) in [5.41, 5.74) is 2.94. The number of aromatic amines is 1. The molecule has 0 aliphatic heterocycles. The van der Waals surface area contributed by atoms with Gasteiger partial charge in [0.2, 0.25) is 0 Å². The van der Waals surface area contributed by atoms with Gasteiger partial charge in [0.25, 0.3) is 0 Å². The number of aryl methyl sites for hydroxylation is 1. The monoisotopic (exact) mass is 528 g/mol. The highest BCUT2D eigenvalue weighted by molar-refractivity contribution is 7.19. The van der Waals surface area contributed by atoms with Crippen LogP contribution in [0.5, 0.6) is 0 Å². The first kappa shape index (κ1) is 24.6. The highest BCUT2D eigenvalue weighted by Crippen LogP contribution is 2.39. The zero-order valence-electron chi connectivity index (χ0n) is 20.1. The number of nitrogens with one attached hydrogen (secondary N) is 3. The van der Waals surface area contributed by atoms with Crippen molar-refractivity contribution in [3.05, 3.63) is 44.6 Å². The number of aromatic nitrogens is 3. The number of methoxy groups -OCH3 is 2. The number of ether oxygens (including phenoxy) is 2. The van der Waals surface area contributed by atoms with Crippen molar-refractivity contribution in [3.8, 4) is 0 Å². The number of rotatable bonds is 9. The van der Waals surface area contributed by atoms with Gasteiger partial charge in [-0.05, 0) is 36.6 Å². The van der Waals surface area contributed by atoms with Crippen LogP contribution in [-0.2, 0) is 22.3 Å². The summed E-state index contributed by atoms with van der Waals surface area (Å²) >= 11 is 2.84. The van der Waals surface area contributed by atoms with Crippen molar-refractivity contribution in [3.63, 3.8) is 0 Å². The zero-order chi connectivity index (χ0) is 25.1. The number of thiophene rings is 1. The van der Waals surface area contributed by atoms with Crippen molar-refractivity contribution in [1.82, 2.24) is 25.2 Å². The van der Waals surface area contributed by atoms with Gasteiger partial charge in [-0.2, -0.15) is 0 Å². The third-order valence-electron chi connectivity index (χ3n) is 6.27. The number of hydrogen-bond donors (Lipinski definition) is 3. The van der Waals surface area contributed by atoms with E-state index in [2.05, 4.69) is 25.6 Å². The Morgan fingerprint density at radius 1 is 1.19 bits per heavy atom. The molecule has 4 aromatic rings. The molecule has 0 saturated carbocycles. The summed E-state index contributed by atoms with van der Waals surface area (Å²) in [7, 11) is 3.26. The Morgan fingerprint density at radius 3 is 2.78 bits per heavy atom. The van der Waals surface area contributed by atoms with E-state index in [1.54, 1.807) is 36.8 Å². The first-order valence-corrected chi connectivity index (χ1v) is 13.4. The maximum atomic E-state index is 12.9. The van der Waals surface area contributed by atoms with Gasteiger partial charge < -0.3 is 30.0 Å². The number of urea groups is 1. The Hall–Kier alpha value is -3.06. The molecule has 36 heavy (non-hydrogen) atoms. The molecule has 5 rings (SSSR count). The third-order valence-corrected chi connectivity index (χ3v) is 8.28. The Bertz CT molecular complexity index is 1420. The molecule has 3 heterocycles. The van der Waals surface area contributed by atoms with Crippen LogP contribution in [0.25, 0.3) is 20.4 Å². The van der Waals surface area contributed by atoms with Crippen molar-refractivity contribution >= 4 is 60.6 Å². The van der Waals surface area contributed by atoms with Crippen molar-refractivity contribution < 1.29 is 14.3 Å². The van der Waals surface area contributed by atoms with Crippen LogP contribution in [0.2, 0.25) is 0 Å². The molecule has 10 nitrogen and oxygen atoms in total. The molecule has 1 atom stereocenters. The molecule has 2 amide bonds. The average molecular weight is 529 g/mol. The van der Waals surface area contributed by atoms with Crippen LogP contribution in [0.1, 0.15) is 16.9 Å². The quantitative estimate of drug-likeness (QED) is 0.304. The van der Waals surface area contributed by atoms with Crippen molar-refractivity contribution in [1.29, 1.82) is 0 Å². The standard InChI is InChI=1S/C24H28N6O4S2/c1-33-9-7-30(8-10-34-2)23(31)28-15-3-5-16-18(11-15)35-22-20(16)21(25-13-26-22)27-14-4-6-17-19(12-14)36-24(32)29-17/h4,6,12-13,15H,3,5,7-11H2,1-2H3,(H,28,31)(H,29,32)(H,25,26,27). The van der Waals surface area contributed by atoms with Gasteiger partial charge in [-0.15, -0.1) is 11.3 Å². The van der Waals surface area contributed by atoms with Crippen LogP contribution in [0, 0.1) is 0 Å². The van der Waals surface area contributed by atoms with Crippen LogP contribution in [-0.4, -0.2) is 72.4 Å². The second-order valence-electron chi connectivity index (χ2n) is 8.62. The molecule has 1 aliphatic carbocycles. The Morgan fingerprint density at radius 2 is 2.00 bits per heavy atom. The summed E-state index contributed by atoms with van der Waals surface area (Å²) in [4.78, 5) is 40.3. The number of carbonyl (C=O) groups is 1. The number of benzene rings is 1. The van der Waals surface area contributed by atoms with E-state index in [0.29, 0.717) is 26.3 Å². The van der Waals surface area contributed by atoms with Gasteiger partial charge in [0.15, 0.2) is 0 Å². The van der Waals surface area contributed by atoms with Gasteiger partial charge in [-0.1, -0.05) is 11.3 Å². The molecule has 12 heteroatoms. The van der Waals surface area contributed by atoms with Crippen LogP contribution in [0.15, 0.2) is 29.3 Å². The van der Waals surface area contributed by atoms with Crippen LogP contribution < -0.4 is 15.5 Å². The lowest BCUT2D eigenvalue weighted by Gasteiger charge is -2.28. The lowest BCUT2D eigenvalue weighted by molar-refractivity contribution is 0.120. The van der Waals surface area contributed by atoms with Gasteiger partial charge in [-0.25, -0.2) is 14.8 Å². The normalized spacial score (nSPS) is 15.2. The average Bonchev–Trinajstić information content (AvgIpc) is 3.43. The van der Waals surface area contributed by atoms with Crippen LogP contribution in [0.4, 0.5) is 16.3 Å². The predicted molar refractivity (Wildman–Crippen MR) is 143 cm³/mol. The molecular formula is C24H28N6O4S2. The fourth-order valence-corrected chi connectivity index (χ4v) is 6.51. The minimum absolute atomic E-state index is 0.0498. The summed E-state index contributed by atoms with van der Waals surface area (Å²) in [6.45, 7) is 1.99. The summed E-state index contributed by atoms with van der Waals surface area (Å²) in [6.07, 6.45) is 4.00. The molecule has 0 saturated heterocycles. The largest absolute Gasteiger partial charge is 0.383 e. The fourth-order valence-electron chi connectivity index (χ4n) is 4.47. The molecule has 0 fully saturated rings. The van der Waals surface area contributed by atoms with Crippen LogP contribution >= 0.6 is 22.7 Å². The molecule has 0 spiro atoms. The number of anilines is 2. The van der Waals surface area contributed by atoms with Crippen molar-refractivity contribution in [2.75, 3.05) is 45.8 Å². The molecule has 3 N–H and O–H groups in total. The SMILES string of the molecule is COCCN(CCOC)C(=O)NC1CCc2c(sc3ncnc(Nc4ccc5[nH]c(=O)sc5c4)c23)C1. The molecule has 0 radical (unpaired) electrons. The van der Waals surface area contributed by atoms with Crippen LogP contribution in [0.3, 0.4) is 0 Å². The van der Waals surface area contributed by atoms with E-state index in [0.717, 1.165) is 51.2 Å². The summed E-state index contributed by atoms with van der Waals surface area (Å²) in [6, 6.07) is 5.74. The Kier molecular flexibility index (Phi) is 7.46. The first-order valence-electron chi connectivity index (χ1n) is 11.7. The molecule has 0 bridgehead atoms. The third kappa shape index (κ3) is 5.21. The van der Waals surface area contributed by atoms with E-state index >= 15 is 0 Å². The zero-order valence-corrected chi connectivity index (χ0v) is 21.8. The number of thiazole rings is 1. The number of fused-ring (bicyclic) bond motifs is 4. The van der Waals surface area contributed by atoms with E-state index in [9.17, 15) is 9.59 Å². The van der Waals surface area contributed by atoms with E-state index in [1.807, 2.05) is 18.2 Å². The fraction of sp³-hybridized carbons (Fsp3) is 0.417. The van der Waals surface area contributed by atoms with Gasteiger partial charge in [-0.3, -0.25) is 4.79 Å². The Labute approximate surface area is 215 Å². The second kappa shape index (κ2) is 10.9. The number of H-pyrrole nitrogens is 1. The molecule has 190 valence electrons. The smallest absolute Gasteiger partial charge is 0.317 e. The number of nitrogens with zero attached hydrogens (tertiary/aromatic N) is 3. The molecule has 3 aromatic heterocycles. The second-order valence-corrected chi connectivity index (χ2v) is 10.7. The maximum Gasteiger partial charge on any atom is 0.317 e. The number of amides is 2. The highest BCUT2D eigenvalue weighted by atomic mass is 32.1. The van der Waals surface area contributed by atoms with Gasteiger partial charge in [0.05, 0.1) is 28.8 Å². The minimum Gasteiger partial charge on any atom is -0.383 e. The summed E-state index contributed by atoms with van der Waals surface area (Å²) < 4.78 is 11.2. The lowest BCUT2D eigenvalue weighted by Crippen LogP contribution is -2.48. The summed E-state index contributed by atoms with van der Waals surface area (Å²) in [5.74, 6) is 0.757. The van der Waals surface area contributed by atoms with E-state index in [-0.39, 0.29) is 16.9 Å². The molecular weight excluding hydrogens is 500 g/mol. The molecule has 1 unspecified atom stereocenters. The predicted octanol–water partition coefficient (Wildman–Crippen LogP) is 3.50. The minimum atomic E-state index is -0.0942. The van der Waals surface area contributed by atoms with E-state index in [4.69, 9.17) is 9.47 Å². The van der Waals surface area contributed by atoms with Crippen molar-refractivity contribution in [2.45, 2.75) is 25.3 Å². The summed E-state index contributed by atoms with van der Waals surface area (Å²) in [5, 5.41) is 7.66. The molecule has 1 aromatic carbocycles. The number of hydrogen-bond acceptors (Lipinski definition) is 9. The topological polar surface area (TPSA) is 121 Å². The van der Waals surface area contributed by atoms with Crippen molar-refractivity contribution in [2.24, 2.45) is 0 Å². The van der Waals surface area contributed by atoms with Gasteiger partial charge in [0.1, 0.15) is 17.0 Å². The highest BCUT2D eigenvalue weighted by Gasteiger charge is 2.27. The molecule has 1 aliphatic rings. The van der Waals surface area contributed by atoms with Gasteiger partial charge >= 0.3 is 10.9 Å².